The first kappa shape index (κ1) is 12.0. The first-order valence-electron chi connectivity index (χ1n) is 6.06. The minimum absolute atomic E-state index is 0.801. The van der Waals surface area contributed by atoms with E-state index in [1.807, 2.05) is 24.4 Å². The first-order chi connectivity index (χ1) is 9.35. The highest BCUT2D eigenvalue weighted by Crippen LogP contribution is 2.23. The van der Waals surface area contributed by atoms with Gasteiger partial charge < -0.3 is 9.72 Å². The third-order valence-corrected chi connectivity index (χ3v) is 3.85. The Balaban J connectivity index is 1.76. The van der Waals surface area contributed by atoms with E-state index >= 15 is 0 Å². The van der Waals surface area contributed by atoms with Crippen molar-refractivity contribution in [2.45, 2.75) is 6.42 Å². The van der Waals surface area contributed by atoms with Crippen molar-refractivity contribution in [2.24, 2.45) is 0 Å². The molecular formula is C15H14N2OS. The molecule has 0 aliphatic heterocycles. The highest BCUT2D eigenvalue weighted by molar-refractivity contribution is 7.13. The first-order valence-corrected chi connectivity index (χ1v) is 6.94. The molecule has 0 amide bonds. The average Bonchev–Trinajstić information content (AvgIpc) is 3.10. The Hall–Kier alpha value is -2.07. The highest BCUT2D eigenvalue weighted by atomic mass is 32.1. The van der Waals surface area contributed by atoms with Crippen molar-refractivity contribution in [3.8, 4) is 16.3 Å². The molecule has 96 valence electrons. The van der Waals surface area contributed by atoms with Crippen molar-refractivity contribution in [3.05, 3.63) is 59.4 Å². The maximum absolute atomic E-state index is 5.15. The number of hydrogen-bond donors (Lipinski definition) is 1. The Morgan fingerprint density at radius 2 is 2.05 bits per heavy atom. The molecule has 3 rings (SSSR count). The fraction of sp³-hybridized carbons (Fsp3) is 0.133. The summed E-state index contributed by atoms with van der Waals surface area (Å²) in [5.74, 6) is 1.86. The number of rotatable bonds is 4. The number of nitrogens with zero attached hydrogens (tertiary/aromatic N) is 1. The van der Waals surface area contributed by atoms with Crippen LogP contribution in [-0.4, -0.2) is 17.1 Å². The number of ether oxygens (including phenoxy) is 1. The molecule has 0 atom stereocenters. The molecule has 2 heterocycles. The van der Waals surface area contributed by atoms with E-state index in [-0.39, 0.29) is 0 Å². The van der Waals surface area contributed by atoms with Gasteiger partial charge in [-0.15, -0.1) is 11.3 Å². The lowest BCUT2D eigenvalue weighted by molar-refractivity contribution is 0.414. The molecule has 3 nitrogen and oxygen atoms in total. The van der Waals surface area contributed by atoms with Gasteiger partial charge in [0, 0.05) is 6.42 Å². The predicted octanol–water partition coefficient (Wildman–Crippen LogP) is 3.74. The van der Waals surface area contributed by atoms with Gasteiger partial charge in [-0.05, 0) is 29.1 Å². The number of hydrogen-bond acceptors (Lipinski definition) is 3. The topological polar surface area (TPSA) is 37.9 Å². The molecule has 0 fully saturated rings. The van der Waals surface area contributed by atoms with Gasteiger partial charge in [-0.1, -0.05) is 18.2 Å². The minimum atomic E-state index is 0.801. The van der Waals surface area contributed by atoms with E-state index in [1.165, 1.54) is 10.4 Å². The van der Waals surface area contributed by atoms with Crippen LogP contribution >= 0.6 is 11.3 Å². The van der Waals surface area contributed by atoms with E-state index in [2.05, 4.69) is 33.5 Å². The molecule has 3 aromatic rings. The summed E-state index contributed by atoms with van der Waals surface area (Å²) >= 11 is 1.71. The summed E-state index contributed by atoms with van der Waals surface area (Å²) in [4.78, 5) is 9.01. The van der Waals surface area contributed by atoms with E-state index in [0.717, 1.165) is 23.7 Å². The summed E-state index contributed by atoms with van der Waals surface area (Å²) in [5.41, 5.74) is 2.30. The summed E-state index contributed by atoms with van der Waals surface area (Å²) in [7, 11) is 1.68. The van der Waals surface area contributed by atoms with Crippen LogP contribution in [-0.2, 0) is 6.42 Å². The average molecular weight is 270 g/mol. The third-order valence-electron chi connectivity index (χ3n) is 2.95. The summed E-state index contributed by atoms with van der Waals surface area (Å²) < 4.78 is 5.15. The SMILES string of the molecule is COc1ccc(Cc2ncc(-c3cccs3)[nH]2)cc1. The van der Waals surface area contributed by atoms with Crippen LogP contribution in [0.4, 0.5) is 0 Å². The predicted molar refractivity (Wildman–Crippen MR) is 77.7 cm³/mol. The largest absolute Gasteiger partial charge is 0.497 e. The molecule has 0 bridgehead atoms. The molecule has 0 unspecified atom stereocenters. The highest BCUT2D eigenvalue weighted by Gasteiger charge is 2.05. The Morgan fingerprint density at radius 1 is 1.21 bits per heavy atom. The monoisotopic (exact) mass is 270 g/mol. The lowest BCUT2D eigenvalue weighted by Gasteiger charge is -2.01. The van der Waals surface area contributed by atoms with Crippen LogP contribution in [0.25, 0.3) is 10.6 Å². The van der Waals surface area contributed by atoms with Crippen molar-refractivity contribution in [1.82, 2.24) is 9.97 Å². The molecule has 4 heteroatoms. The summed E-state index contributed by atoms with van der Waals surface area (Å²) in [6.45, 7) is 0. The Kier molecular flexibility index (Phi) is 3.33. The Bertz CT molecular complexity index is 641. The number of imidazole rings is 1. The van der Waals surface area contributed by atoms with Crippen LogP contribution in [0.3, 0.4) is 0 Å². The van der Waals surface area contributed by atoms with Gasteiger partial charge in [0.2, 0.25) is 0 Å². The maximum Gasteiger partial charge on any atom is 0.118 e. The van der Waals surface area contributed by atoms with Crippen molar-refractivity contribution in [2.75, 3.05) is 7.11 Å². The second-order valence-corrected chi connectivity index (χ2v) is 5.19. The number of thiophene rings is 1. The van der Waals surface area contributed by atoms with Crippen LogP contribution in [0.15, 0.2) is 48.0 Å². The zero-order valence-electron chi connectivity index (χ0n) is 10.6. The summed E-state index contributed by atoms with van der Waals surface area (Å²) in [6, 6.07) is 12.2. The molecule has 0 spiro atoms. The second-order valence-electron chi connectivity index (χ2n) is 4.25. The van der Waals surface area contributed by atoms with E-state index in [1.54, 1.807) is 18.4 Å². The number of methoxy groups -OCH3 is 1. The molecule has 1 N–H and O–H groups in total. The van der Waals surface area contributed by atoms with E-state index < -0.39 is 0 Å². The van der Waals surface area contributed by atoms with E-state index in [9.17, 15) is 0 Å². The zero-order chi connectivity index (χ0) is 13.1. The Morgan fingerprint density at radius 3 is 2.74 bits per heavy atom. The van der Waals surface area contributed by atoms with Gasteiger partial charge in [-0.3, -0.25) is 0 Å². The van der Waals surface area contributed by atoms with Crippen LogP contribution in [0.1, 0.15) is 11.4 Å². The molecule has 0 radical (unpaired) electrons. The van der Waals surface area contributed by atoms with Gasteiger partial charge in [0.05, 0.1) is 23.9 Å². The smallest absolute Gasteiger partial charge is 0.118 e. The van der Waals surface area contributed by atoms with Crippen molar-refractivity contribution in [1.29, 1.82) is 0 Å². The zero-order valence-corrected chi connectivity index (χ0v) is 11.4. The number of aromatic amines is 1. The summed E-state index contributed by atoms with van der Waals surface area (Å²) in [6.07, 6.45) is 2.69. The fourth-order valence-electron chi connectivity index (χ4n) is 1.95. The van der Waals surface area contributed by atoms with Gasteiger partial charge in [0.1, 0.15) is 11.6 Å². The van der Waals surface area contributed by atoms with E-state index in [4.69, 9.17) is 4.74 Å². The molecule has 0 saturated heterocycles. The normalized spacial score (nSPS) is 10.6. The van der Waals surface area contributed by atoms with Gasteiger partial charge in [-0.25, -0.2) is 4.98 Å². The fourth-order valence-corrected chi connectivity index (χ4v) is 2.64. The molecule has 2 aromatic heterocycles. The second kappa shape index (κ2) is 5.28. The van der Waals surface area contributed by atoms with Gasteiger partial charge in [-0.2, -0.15) is 0 Å². The van der Waals surface area contributed by atoms with Crippen LogP contribution < -0.4 is 4.74 Å². The number of H-pyrrole nitrogens is 1. The number of nitrogens with one attached hydrogen (secondary N) is 1. The molecule has 19 heavy (non-hydrogen) atoms. The number of aromatic nitrogens is 2. The Labute approximate surface area is 115 Å². The van der Waals surface area contributed by atoms with Gasteiger partial charge in [0.25, 0.3) is 0 Å². The molecule has 0 aliphatic carbocycles. The molecule has 0 saturated carbocycles. The lowest BCUT2D eigenvalue weighted by Crippen LogP contribution is -1.91. The third kappa shape index (κ3) is 2.69. The van der Waals surface area contributed by atoms with Gasteiger partial charge >= 0.3 is 0 Å². The standard InChI is InChI=1S/C15H14N2OS/c1-18-12-6-4-11(5-7-12)9-15-16-10-13(17-15)14-3-2-8-19-14/h2-8,10H,9H2,1H3,(H,16,17). The van der Waals surface area contributed by atoms with Crippen molar-refractivity contribution >= 4 is 11.3 Å². The van der Waals surface area contributed by atoms with Crippen LogP contribution in [0.5, 0.6) is 5.75 Å². The van der Waals surface area contributed by atoms with E-state index in [0.29, 0.717) is 0 Å². The molecule has 1 aromatic carbocycles. The lowest BCUT2D eigenvalue weighted by atomic mass is 10.1. The van der Waals surface area contributed by atoms with Gasteiger partial charge in [0.15, 0.2) is 0 Å². The maximum atomic E-state index is 5.15. The van der Waals surface area contributed by atoms with Crippen molar-refractivity contribution in [3.63, 3.8) is 0 Å². The quantitative estimate of drug-likeness (QED) is 0.784. The molecular weight excluding hydrogens is 256 g/mol. The van der Waals surface area contributed by atoms with Crippen molar-refractivity contribution < 1.29 is 4.74 Å². The molecule has 0 aliphatic rings. The van der Waals surface area contributed by atoms with Crippen LogP contribution in [0.2, 0.25) is 0 Å². The van der Waals surface area contributed by atoms with Crippen LogP contribution in [0, 0.1) is 0 Å². The summed E-state index contributed by atoms with van der Waals surface area (Å²) in [5, 5.41) is 2.07. The number of benzene rings is 1. The minimum Gasteiger partial charge on any atom is -0.497 e.